The number of aryl methyl sites for hydroxylation is 2. The van der Waals surface area contributed by atoms with Gasteiger partial charge in [0.15, 0.2) is 11.5 Å². The van der Waals surface area contributed by atoms with Crippen molar-refractivity contribution in [3.8, 4) is 11.5 Å². The summed E-state index contributed by atoms with van der Waals surface area (Å²) in [7, 11) is 1.93. The van der Waals surface area contributed by atoms with Gasteiger partial charge in [0.2, 0.25) is 5.95 Å². The molecule has 1 unspecified atom stereocenters. The van der Waals surface area contributed by atoms with E-state index in [0.717, 1.165) is 41.9 Å². The molecule has 0 bridgehead atoms. The van der Waals surface area contributed by atoms with Gasteiger partial charge in [0.1, 0.15) is 19.0 Å². The summed E-state index contributed by atoms with van der Waals surface area (Å²) < 4.78 is 29.2. The molecule has 0 saturated carbocycles. The molecule has 1 N–H and O–H groups in total. The van der Waals surface area contributed by atoms with Crippen LogP contribution in [-0.4, -0.2) is 22.8 Å². The first-order valence-corrected chi connectivity index (χ1v) is 12.6. The van der Waals surface area contributed by atoms with Crippen LogP contribution >= 0.6 is 0 Å². The number of fused-ring (bicyclic) bond motifs is 1. The lowest BCUT2D eigenvalue weighted by molar-refractivity contribution is 0.171. The third kappa shape index (κ3) is 4.81. The number of benzene rings is 3. The number of hydrogen-bond acceptors (Lipinski definition) is 4. The highest BCUT2D eigenvalue weighted by Gasteiger charge is 2.38. The number of imidazole rings is 1. The summed E-state index contributed by atoms with van der Waals surface area (Å²) >= 11 is 0. The van der Waals surface area contributed by atoms with Crippen LogP contribution in [0.1, 0.15) is 42.0 Å². The number of rotatable bonds is 9. The summed E-state index contributed by atoms with van der Waals surface area (Å²) in [5.41, 5.74) is 2.87. The first-order valence-electron chi connectivity index (χ1n) is 12.6. The van der Waals surface area contributed by atoms with Crippen molar-refractivity contribution < 1.29 is 13.9 Å². The Morgan fingerprint density at radius 3 is 2.58 bits per heavy atom. The molecule has 0 aliphatic carbocycles. The first kappa shape index (κ1) is 23.9. The van der Waals surface area contributed by atoms with Crippen LogP contribution in [0.25, 0.3) is 0 Å². The van der Waals surface area contributed by atoms with Gasteiger partial charge in [-0.15, -0.1) is 0 Å². The fraction of sp³-hybridized carbons (Fsp3) is 0.300. The SMILES string of the molecule is CCCCc1cccc(C(Cc2ccc3c(c2)OCCO3)(Nc2nccn2C)c2ccccc2F)c1. The lowest BCUT2D eigenvalue weighted by Gasteiger charge is -2.37. The molecule has 36 heavy (non-hydrogen) atoms. The standard InChI is InChI=1S/C30H32FN3O2/c1-3-4-8-22-9-7-10-24(19-22)30(25-11-5-6-12-26(25)31,33-29-32-15-16-34(29)2)21-23-13-14-27-28(20-23)36-18-17-35-27/h5-7,9-16,19-20H,3-4,8,17-18,21H2,1-2H3,(H,32,33). The molecule has 1 aliphatic rings. The first-order chi connectivity index (χ1) is 17.6. The van der Waals surface area contributed by atoms with Crippen molar-refractivity contribution in [1.29, 1.82) is 0 Å². The maximum atomic E-state index is 15.7. The molecule has 186 valence electrons. The number of nitrogens with zero attached hydrogens (tertiary/aromatic N) is 2. The van der Waals surface area contributed by atoms with Gasteiger partial charge in [-0.1, -0.05) is 61.9 Å². The van der Waals surface area contributed by atoms with Crippen molar-refractivity contribution in [3.63, 3.8) is 0 Å². The highest BCUT2D eigenvalue weighted by atomic mass is 19.1. The Kier molecular flexibility index (Phi) is 6.94. The lowest BCUT2D eigenvalue weighted by atomic mass is 9.77. The number of ether oxygens (including phenoxy) is 2. The maximum absolute atomic E-state index is 15.7. The summed E-state index contributed by atoms with van der Waals surface area (Å²) in [4.78, 5) is 4.55. The molecule has 1 aromatic heterocycles. The van der Waals surface area contributed by atoms with Crippen molar-refractivity contribution >= 4 is 5.95 Å². The van der Waals surface area contributed by atoms with E-state index in [4.69, 9.17) is 9.47 Å². The predicted octanol–water partition coefficient (Wildman–Crippen LogP) is 6.27. The number of nitrogens with one attached hydrogen (secondary N) is 1. The van der Waals surface area contributed by atoms with Crippen molar-refractivity contribution in [3.05, 3.63) is 107 Å². The average molecular weight is 486 g/mol. The summed E-state index contributed by atoms with van der Waals surface area (Å²) in [5, 5.41) is 3.67. The second kappa shape index (κ2) is 10.4. The zero-order chi connectivity index (χ0) is 25.0. The molecule has 6 heteroatoms. The van der Waals surface area contributed by atoms with Gasteiger partial charge in [-0.3, -0.25) is 0 Å². The van der Waals surface area contributed by atoms with Crippen LogP contribution < -0.4 is 14.8 Å². The Bertz CT molecular complexity index is 1340. The second-order valence-electron chi connectivity index (χ2n) is 9.33. The smallest absolute Gasteiger partial charge is 0.203 e. The molecular formula is C30H32FN3O2. The van der Waals surface area contributed by atoms with Crippen LogP contribution in [0.4, 0.5) is 10.3 Å². The van der Waals surface area contributed by atoms with Gasteiger partial charge >= 0.3 is 0 Å². The summed E-state index contributed by atoms with van der Waals surface area (Å²) in [5.74, 6) is 1.85. The fourth-order valence-electron chi connectivity index (χ4n) is 4.90. The third-order valence-electron chi connectivity index (χ3n) is 6.79. The Morgan fingerprint density at radius 2 is 1.81 bits per heavy atom. The number of unbranched alkanes of at least 4 members (excludes halogenated alkanes) is 1. The van der Waals surface area contributed by atoms with Crippen molar-refractivity contribution in [2.24, 2.45) is 7.05 Å². The second-order valence-corrected chi connectivity index (χ2v) is 9.33. The monoisotopic (exact) mass is 485 g/mol. The van der Waals surface area contributed by atoms with Crippen LogP contribution in [0.5, 0.6) is 11.5 Å². The fourth-order valence-corrected chi connectivity index (χ4v) is 4.90. The van der Waals surface area contributed by atoms with Gasteiger partial charge in [-0.25, -0.2) is 9.37 Å². The molecule has 5 rings (SSSR count). The molecule has 4 aromatic rings. The van der Waals surface area contributed by atoms with E-state index in [2.05, 4.69) is 41.5 Å². The largest absolute Gasteiger partial charge is 0.486 e. The zero-order valence-electron chi connectivity index (χ0n) is 20.8. The van der Waals surface area contributed by atoms with Crippen LogP contribution in [0, 0.1) is 5.82 Å². The molecule has 0 saturated heterocycles. The van der Waals surface area contributed by atoms with E-state index in [0.29, 0.717) is 31.1 Å². The molecule has 3 aromatic carbocycles. The molecule has 1 aliphatic heterocycles. The molecule has 0 amide bonds. The van der Waals surface area contributed by atoms with E-state index in [1.54, 1.807) is 12.3 Å². The maximum Gasteiger partial charge on any atom is 0.203 e. The van der Waals surface area contributed by atoms with E-state index in [9.17, 15) is 0 Å². The van der Waals surface area contributed by atoms with E-state index in [1.807, 2.05) is 48.1 Å². The van der Waals surface area contributed by atoms with Gasteiger partial charge in [-0.05, 0) is 47.7 Å². The number of anilines is 1. The highest BCUT2D eigenvalue weighted by Crippen LogP contribution is 2.40. The molecule has 5 nitrogen and oxygen atoms in total. The van der Waals surface area contributed by atoms with Crippen LogP contribution in [0.15, 0.2) is 79.1 Å². The van der Waals surface area contributed by atoms with Gasteiger partial charge < -0.3 is 19.4 Å². The minimum absolute atomic E-state index is 0.268. The number of halogens is 1. The summed E-state index contributed by atoms with van der Waals surface area (Å²) in [6.45, 7) is 3.24. The minimum Gasteiger partial charge on any atom is -0.486 e. The molecule has 1 atom stereocenters. The van der Waals surface area contributed by atoms with Crippen molar-refractivity contribution in [2.75, 3.05) is 18.5 Å². The van der Waals surface area contributed by atoms with Crippen molar-refractivity contribution in [1.82, 2.24) is 9.55 Å². The summed E-state index contributed by atoms with van der Waals surface area (Å²) in [6.07, 6.45) is 7.31. The highest BCUT2D eigenvalue weighted by molar-refractivity contribution is 5.52. The van der Waals surface area contributed by atoms with Gasteiger partial charge in [0.25, 0.3) is 0 Å². The van der Waals surface area contributed by atoms with E-state index in [-0.39, 0.29) is 5.82 Å². The molecule has 0 fully saturated rings. The Morgan fingerprint density at radius 1 is 0.972 bits per heavy atom. The Labute approximate surface area is 211 Å². The van der Waals surface area contributed by atoms with Crippen LogP contribution in [0.2, 0.25) is 0 Å². The number of aromatic nitrogens is 2. The van der Waals surface area contributed by atoms with E-state index < -0.39 is 5.54 Å². The minimum atomic E-state index is -0.920. The molecule has 0 spiro atoms. The Balaban J connectivity index is 1.69. The number of hydrogen-bond donors (Lipinski definition) is 1. The van der Waals surface area contributed by atoms with Crippen LogP contribution in [0.3, 0.4) is 0 Å². The van der Waals surface area contributed by atoms with Gasteiger partial charge in [0, 0.05) is 31.4 Å². The molecular weight excluding hydrogens is 453 g/mol. The summed E-state index contributed by atoms with van der Waals surface area (Å²) in [6, 6.07) is 21.5. The topological polar surface area (TPSA) is 48.3 Å². The van der Waals surface area contributed by atoms with Gasteiger partial charge in [0.05, 0.1) is 5.54 Å². The Hall–Kier alpha value is -3.80. The normalized spacial score (nSPS) is 14.3. The predicted molar refractivity (Wildman–Crippen MR) is 140 cm³/mol. The molecule has 2 heterocycles. The van der Waals surface area contributed by atoms with E-state index >= 15 is 4.39 Å². The molecule has 0 radical (unpaired) electrons. The third-order valence-corrected chi connectivity index (χ3v) is 6.79. The lowest BCUT2D eigenvalue weighted by Crippen LogP contribution is -2.41. The zero-order valence-corrected chi connectivity index (χ0v) is 20.8. The van der Waals surface area contributed by atoms with E-state index in [1.165, 1.54) is 11.6 Å². The van der Waals surface area contributed by atoms with Crippen molar-refractivity contribution in [2.45, 2.75) is 38.1 Å². The van der Waals surface area contributed by atoms with Crippen LogP contribution in [-0.2, 0) is 25.4 Å². The van der Waals surface area contributed by atoms with Gasteiger partial charge in [-0.2, -0.15) is 0 Å². The quantitative estimate of drug-likeness (QED) is 0.304. The average Bonchev–Trinajstić information content (AvgIpc) is 3.31.